The molecule has 0 N–H and O–H groups in total. The maximum Gasteiger partial charge on any atom is 0.187 e. The largest absolute Gasteiger partial charge is 0.457 e. The fourth-order valence-electron chi connectivity index (χ4n) is 1.24. The van der Waals surface area contributed by atoms with E-state index in [-0.39, 0.29) is 0 Å². The molecule has 0 aliphatic carbocycles. The fraction of sp³-hybridized carbons (Fsp3) is 0. The van der Waals surface area contributed by atoms with Crippen LogP contribution in [-0.2, 0) is 0 Å². The van der Waals surface area contributed by atoms with Crippen molar-refractivity contribution in [3.63, 3.8) is 0 Å². The number of hydrogen-bond acceptors (Lipinski definition) is 2. The highest BCUT2D eigenvalue weighted by Crippen LogP contribution is 2.24. The van der Waals surface area contributed by atoms with Crippen molar-refractivity contribution in [3.8, 4) is 11.5 Å². The van der Waals surface area contributed by atoms with Gasteiger partial charge in [0.25, 0.3) is 0 Å². The summed E-state index contributed by atoms with van der Waals surface area (Å²) in [5.41, 5.74) is 0.609. The Labute approximate surface area is 99.7 Å². The second-order valence-corrected chi connectivity index (χ2v) is 3.72. The monoisotopic (exact) mass is 227 g/mol. The van der Waals surface area contributed by atoms with Gasteiger partial charge in [-0.05, 0) is 36.4 Å². The van der Waals surface area contributed by atoms with Gasteiger partial charge in [-0.1, -0.05) is 12.1 Å². The van der Waals surface area contributed by atoms with Crippen LogP contribution in [0.1, 0.15) is 0 Å². The summed E-state index contributed by atoms with van der Waals surface area (Å²) < 4.78 is 5.60. The van der Waals surface area contributed by atoms with Gasteiger partial charge in [-0.25, -0.2) is 4.85 Å². The van der Waals surface area contributed by atoms with E-state index in [2.05, 4.69) is 17.5 Å². The van der Waals surface area contributed by atoms with Crippen LogP contribution in [0.15, 0.2) is 53.4 Å². The first-order chi connectivity index (χ1) is 7.78. The van der Waals surface area contributed by atoms with Crippen molar-refractivity contribution in [1.82, 2.24) is 0 Å². The van der Waals surface area contributed by atoms with Gasteiger partial charge < -0.3 is 4.74 Å². The molecule has 0 aliphatic heterocycles. The van der Waals surface area contributed by atoms with Gasteiger partial charge in [0.05, 0.1) is 6.57 Å². The summed E-state index contributed by atoms with van der Waals surface area (Å²) in [5, 5.41) is 0. The first-order valence-corrected chi connectivity index (χ1v) is 5.17. The van der Waals surface area contributed by atoms with Crippen molar-refractivity contribution >= 4 is 18.3 Å². The summed E-state index contributed by atoms with van der Waals surface area (Å²) in [6.07, 6.45) is 0. The molecule has 78 valence electrons. The van der Waals surface area contributed by atoms with Gasteiger partial charge in [0.1, 0.15) is 11.5 Å². The molecular weight excluding hydrogens is 218 g/mol. The maximum atomic E-state index is 6.83. The SMILES string of the molecule is [C-]#[N+]c1ccc(Oc2ccc(S)cc2)cc1. The average Bonchev–Trinajstić information content (AvgIpc) is 2.33. The lowest BCUT2D eigenvalue weighted by atomic mass is 10.3. The highest BCUT2D eigenvalue weighted by atomic mass is 32.1. The minimum Gasteiger partial charge on any atom is -0.457 e. The minimum absolute atomic E-state index is 0.609. The van der Waals surface area contributed by atoms with Crippen LogP contribution in [0.2, 0.25) is 0 Å². The topological polar surface area (TPSA) is 13.6 Å². The Morgan fingerprint density at radius 1 is 0.875 bits per heavy atom. The van der Waals surface area contributed by atoms with E-state index in [9.17, 15) is 0 Å². The summed E-state index contributed by atoms with van der Waals surface area (Å²) in [6, 6.07) is 14.5. The summed E-state index contributed by atoms with van der Waals surface area (Å²) in [7, 11) is 0. The molecular formula is C13H9NOS. The molecule has 0 spiro atoms. The van der Waals surface area contributed by atoms with E-state index < -0.39 is 0 Å². The molecule has 0 saturated carbocycles. The van der Waals surface area contributed by atoms with Crippen LogP contribution in [0, 0.1) is 6.57 Å². The van der Waals surface area contributed by atoms with Crippen LogP contribution in [0.4, 0.5) is 5.69 Å². The molecule has 0 fully saturated rings. The number of rotatable bonds is 2. The lowest BCUT2D eigenvalue weighted by Gasteiger charge is -2.05. The van der Waals surface area contributed by atoms with Crippen molar-refractivity contribution in [2.75, 3.05) is 0 Å². The second kappa shape index (κ2) is 4.73. The quantitative estimate of drug-likeness (QED) is 0.596. The Morgan fingerprint density at radius 2 is 1.38 bits per heavy atom. The van der Waals surface area contributed by atoms with Crippen LogP contribution >= 0.6 is 12.6 Å². The van der Waals surface area contributed by atoms with Crippen LogP contribution in [0.25, 0.3) is 4.85 Å². The summed E-state index contributed by atoms with van der Waals surface area (Å²) in [4.78, 5) is 4.21. The van der Waals surface area contributed by atoms with Crippen LogP contribution in [0.5, 0.6) is 11.5 Å². The molecule has 2 rings (SSSR count). The smallest absolute Gasteiger partial charge is 0.187 e. The van der Waals surface area contributed by atoms with Gasteiger partial charge in [0, 0.05) is 4.90 Å². The summed E-state index contributed by atoms with van der Waals surface area (Å²) >= 11 is 4.20. The first-order valence-electron chi connectivity index (χ1n) is 4.72. The lowest BCUT2D eigenvalue weighted by molar-refractivity contribution is 0.482. The van der Waals surface area contributed by atoms with Crippen molar-refractivity contribution in [2.45, 2.75) is 4.90 Å². The number of benzene rings is 2. The number of thiol groups is 1. The standard InChI is InChI=1S/C13H9NOS/c1-14-10-2-4-11(5-3-10)15-12-6-8-13(16)9-7-12/h2-9,16H. The van der Waals surface area contributed by atoms with Crippen molar-refractivity contribution in [3.05, 3.63) is 59.9 Å². The molecule has 0 radical (unpaired) electrons. The highest BCUT2D eigenvalue weighted by Gasteiger charge is 1.97. The van der Waals surface area contributed by atoms with Gasteiger partial charge in [0.15, 0.2) is 5.69 Å². The first kappa shape index (κ1) is 10.6. The van der Waals surface area contributed by atoms with E-state index in [4.69, 9.17) is 11.3 Å². The normalized spacial score (nSPS) is 9.50. The molecule has 3 heteroatoms. The van der Waals surface area contributed by atoms with Gasteiger partial charge in [-0.2, -0.15) is 0 Å². The van der Waals surface area contributed by atoms with Crippen LogP contribution in [-0.4, -0.2) is 0 Å². The maximum absolute atomic E-state index is 6.83. The number of hydrogen-bond donors (Lipinski definition) is 1. The second-order valence-electron chi connectivity index (χ2n) is 3.20. The molecule has 0 atom stereocenters. The fourth-order valence-corrected chi connectivity index (χ4v) is 1.39. The molecule has 0 unspecified atom stereocenters. The Morgan fingerprint density at radius 3 is 1.88 bits per heavy atom. The zero-order valence-electron chi connectivity index (χ0n) is 8.42. The Hall–Kier alpha value is -1.92. The molecule has 2 aromatic rings. The molecule has 0 aromatic heterocycles. The van der Waals surface area contributed by atoms with E-state index in [1.54, 1.807) is 24.3 Å². The molecule has 0 aliphatic rings. The van der Waals surface area contributed by atoms with E-state index in [1.165, 1.54) is 0 Å². The van der Waals surface area contributed by atoms with E-state index in [0.29, 0.717) is 5.69 Å². The van der Waals surface area contributed by atoms with Gasteiger partial charge in [-0.15, -0.1) is 12.6 Å². The zero-order valence-corrected chi connectivity index (χ0v) is 9.32. The Bertz CT molecular complexity index is 511. The third-order valence-corrected chi connectivity index (χ3v) is 2.34. The molecule has 2 nitrogen and oxygen atoms in total. The van der Waals surface area contributed by atoms with E-state index >= 15 is 0 Å². The van der Waals surface area contributed by atoms with Gasteiger partial charge >= 0.3 is 0 Å². The average molecular weight is 227 g/mol. The third-order valence-electron chi connectivity index (χ3n) is 2.04. The molecule has 2 aromatic carbocycles. The van der Waals surface area contributed by atoms with Crippen LogP contribution < -0.4 is 4.74 Å². The molecule has 16 heavy (non-hydrogen) atoms. The van der Waals surface area contributed by atoms with Crippen molar-refractivity contribution in [2.24, 2.45) is 0 Å². The predicted molar refractivity (Wildman–Crippen MR) is 66.5 cm³/mol. The molecule has 0 bridgehead atoms. The van der Waals surface area contributed by atoms with Crippen LogP contribution in [0.3, 0.4) is 0 Å². The van der Waals surface area contributed by atoms with E-state index in [0.717, 1.165) is 16.4 Å². The molecule has 0 saturated heterocycles. The molecule has 0 heterocycles. The zero-order chi connectivity index (χ0) is 11.4. The number of ether oxygens (including phenoxy) is 1. The number of nitrogens with zero attached hydrogens (tertiary/aromatic N) is 1. The summed E-state index contributed by atoms with van der Waals surface area (Å²) in [6.45, 7) is 6.83. The highest BCUT2D eigenvalue weighted by molar-refractivity contribution is 7.80. The van der Waals surface area contributed by atoms with Crippen molar-refractivity contribution < 1.29 is 4.74 Å². The minimum atomic E-state index is 0.609. The van der Waals surface area contributed by atoms with E-state index in [1.807, 2.05) is 24.3 Å². The van der Waals surface area contributed by atoms with Crippen molar-refractivity contribution in [1.29, 1.82) is 0 Å². The molecule has 0 amide bonds. The third kappa shape index (κ3) is 2.56. The summed E-state index contributed by atoms with van der Waals surface area (Å²) in [5.74, 6) is 1.48. The Kier molecular flexibility index (Phi) is 3.13. The Balaban J connectivity index is 2.15. The van der Waals surface area contributed by atoms with Gasteiger partial charge in [0.2, 0.25) is 0 Å². The van der Waals surface area contributed by atoms with Gasteiger partial charge in [-0.3, -0.25) is 0 Å². The lowest BCUT2D eigenvalue weighted by Crippen LogP contribution is -1.82. The predicted octanol–water partition coefficient (Wildman–Crippen LogP) is 4.32.